The van der Waals surface area contributed by atoms with E-state index in [1.807, 2.05) is 0 Å². The van der Waals surface area contributed by atoms with Gasteiger partial charge in [0.05, 0.1) is 17.4 Å². The van der Waals surface area contributed by atoms with Gasteiger partial charge >= 0.3 is 11.8 Å². The number of hydrogen-bond acceptors (Lipinski definition) is 5. The van der Waals surface area contributed by atoms with Crippen molar-refractivity contribution in [1.82, 2.24) is 24.5 Å². The second-order valence-corrected chi connectivity index (χ2v) is 6.41. The number of aromatic nitrogens is 5. The van der Waals surface area contributed by atoms with Crippen LogP contribution in [-0.2, 0) is 13.0 Å². The molecule has 0 amide bonds. The third kappa shape index (κ3) is 3.31. The standard InChI is InChI=1S/C20H16F2N6O/c1-23-18-8-7-17(14-11-25-27(2)12-14)26-28(18)19(29)20(21,22)15-5-6-16-13(10-15)4-3-9-24-16/h3-12H,1-2H3. The molecule has 0 saturated carbocycles. The van der Waals surface area contributed by atoms with Gasteiger partial charge in [-0.1, -0.05) is 12.1 Å². The summed E-state index contributed by atoms with van der Waals surface area (Å²) >= 11 is 0. The average molecular weight is 394 g/mol. The highest BCUT2D eigenvalue weighted by molar-refractivity contribution is 5.88. The van der Waals surface area contributed by atoms with Gasteiger partial charge in [0.25, 0.3) is 0 Å². The molecule has 4 rings (SSSR count). The lowest BCUT2D eigenvalue weighted by molar-refractivity contribution is -0.00390. The van der Waals surface area contributed by atoms with Crippen molar-refractivity contribution in [3.63, 3.8) is 0 Å². The van der Waals surface area contributed by atoms with E-state index in [-0.39, 0.29) is 5.49 Å². The van der Waals surface area contributed by atoms with E-state index in [0.29, 0.717) is 26.8 Å². The van der Waals surface area contributed by atoms with Gasteiger partial charge < -0.3 is 0 Å². The Kier molecular flexibility index (Phi) is 4.50. The lowest BCUT2D eigenvalue weighted by Crippen LogP contribution is -2.39. The quantitative estimate of drug-likeness (QED) is 0.535. The molecule has 0 aliphatic heterocycles. The molecule has 0 bridgehead atoms. The number of carbonyl (C=O) groups is 1. The minimum atomic E-state index is -3.81. The van der Waals surface area contributed by atoms with Crippen LogP contribution in [0.5, 0.6) is 0 Å². The molecule has 29 heavy (non-hydrogen) atoms. The summed E-state index contributed by atoms with van der Waals surface area (Å²) in [6.07, 6.45) is 4.78. The Labute approximate surface area is 164 Å². The molecule has 0 atom stereocenters. The summed E-state index contributed by atoms with van der Waals surface area (Å²) in [4.78, 5) is 20.8. The first-order chi connectivity index (χ1) is 13.9. The maximum absolute atomic E-state index is 15.1. The molecule has 1 aromatic carbocycles. The molecule has 0 aliphatic rings. The Bertz CT molecular complexity index is 1290. The van der Waals surface area contributed by atoms with Gasteiger partial charge in [0.2, 0.25) is 0 Å². The predicted molar refractivity (Wildman–Crippen MR) is 102 cm³/mol. The van der Waals surface area contributed by atoms with Crippen LogP contribution in [0, 0.1) is 0 Å². The molecule has 7 nitrogen and oxygen atoms in total. The maximum Gasteiger partial charge on any atom is 0.352 e. The van der Waals surface area contributed by atoms with Crippen LogP contribution in [0.3, 0.4) is 0 Å². The minimum absolute atomic E-state index is 0.0183. The molecule has 0 unspecified atom stereocenters. The van der Waals surface area contributed by atoms with Crippen LogP contribution in [-0.4, -0.2) is 37.5 Å². The number of benzene rings is 1. The molecule has 0 N–H and O–H groups in total. The van der Waals surface area contributed by atoms with E-state index in [4.69, 9.17) is 0 Å². The minimum Gasteiger partial charge on any atom is -0.275 e. The summed E-state index contributed by atoms with van der Waals surface area (Å²) in [5.41, 5.74) is 1.07. The molecule has 3 aromatic heterocycles. The first-order valence-electron chi connectivity index (χ1n) is 8.70. The molecule has 0 aliphatic carbocycles. The number of nitrogens with zero attached hydrogens (tertiary/aromatic N) is 6. The number of aryl methyl sites for hydroxylation is 1. The van der Waals surface area contributed by atoms with E-state index in [0.717, 1.165) is 0 Å². The molecular weight excluding hydrogens is 378 g/mol. The van der Waals surface area contributed by atoms with Crippen LogP contribution >= 0.6 is 0 Å². The van der Waals surface area contributed by atoms with Crippen molar-refractivity contribution in [2.45, 2.75) is 5.92 Å². The first-order valence-corrected chi connectivity index (χ1v) is 8.70. The molecule has 3 heterocycles. The van der Waals surface area contributed by atoms with Gasteiger partial charge in [-0.2, -0.15) is 23.7 Å². The summed E-state index contributed by atoms with van der Waals surface area (Å²) in [5, 5.41) is 8.66. The third-order valence-corrected chi connectivity index (χ3v) is 4.47. The van der Waals surface area contributed by atoms with Gasteiger partial charge in [-0.15, -0.1) is 0 Å². The van der Waals surface area contributed by atoms with Crippen molar-refractivity contribution in [3.8, 4) is 11.3 Å². The van der Waals surface area contributed by atoms with Gasteiger partial charge in [0, 0.05) is 43.0 Å². The maximum atomic E-state index is 15.1. The molecule has 0 fully saturated rings. The van der Waals surface area contributed by atoms with Crippen molar-refractivity contribution in [2.75, 3.05) is 7.05 Å². The molecule has 9 heteroatoms. The lowest BCUT2D eigenvalue weighted by Gasteiger charge is -2.17. The number of fused-ring (bicyclic) bond motifs is 1. The lowest BCUT2D eigenvalue weighted by atomic mass is 10.0. The summed E-state index contributed by atoms with van der Waals surface area (Å²) in [7, 11) is 3.13. The fraction of sp³-hybridized carbons (Fsp3) is 0.150. The fourth-order valence-corrected chi connectivity index (χ4v) is 2.97. The van der Waals surface area contributed by atoms with Gasteiger partial charge in [0.15, 0.2) is 5.49 Å². The number of halogens is 2. The van der Waals surface area contributed by atoms with E-state index in [1.54, 1.807) is 42.3 Å². The third-order valence-electron chi connectivity index (χ3n) is 4.47. The highest BCUT2D eigenvalue weighted by Crippen LogP contribution is 2.31. The predicted octanol–water partition coefficient (Wildman–Crippen LogP) is 2.79. The van der Waals surface area contributed by atoms with Crippen LogP contribution in [0.1, 0.15) is 10.4 Å². The van der Waals surface area contributed by atoms with Crippen LogP contribution in [0.25, 0.3) is 22.2 Å². The van der Waals surface area contributed by atoms with Gasteiger partial charge in [-0.3, -0.25) is 19.5 Å². The summed E-state index contributed by atoms with van der Waals surface area (Å²) in [5.74, 6) is -5.30. The number of rotatable bonds is 3. The van der Waals surface area contributed by atoms with Crippen LogP contribution in [0.2, 0.25) is 0 Å². The van der Waals surface area contributed by atoms with E-state index >= 15 is 8.78 Å². The van der Waals surface area contributed by atoms with Crippen LogP contribution < -0.4 is 5.49 Å². The second kappa shape index (κ2) is 7.01. The molecule has 0 spiro atoms. The highest BCUT2D eigenvalue weighted by Gasteiger charge is 2.43. The molecule has 0 saturated heterocycles. The smallest absolute Gasteiger partial charge is 0.275 e. The summed E-state index contributed by atoms with van der Waals surface area (Å²) < 4.78 is 32.4. The monoisotopic (exact) mass is 394 g/mol. The van der Waals surface area contributed by atoms with Gasteiger partial charge in [-0.25, -0.2) is 0 Å². The van der Waals surface area contributed by atoms with Crippen LogP contribution in [0.15, 0.2) is 66.0 Å². The first kappa shape index (κ1) is 18.6. The normalized spacial score (nSPS) is 12.5. The molecule has 146 valence electrons. The topological polar surface area (TPSA) is 78.0 Å². The van der Waals surface area contributed by atoms with Crippen molar-refractivity contribution in [3.05, 3.63) is 72.1 Å². The Balaban J connectivity index is 1.81. The van der Waals surface area contributed by atoms with Crippen LogP contribution in [0.4, 0.5) is 8.78 Å². The molecule has 0 radical (unpaired) electrons. The van der Waals surface area contributed by atoms with Crippen molar-refractivity contribution >= 4 is 16.8 Å². The number of alkyl halides is 2. The SMILES string of the molecule is CN=c1ccc(-c2cnn(C)c2)nn1C(=O)C(F)(F)c1ccc2ncccc2c1. The summed E-state index contributed by atoms with van der Waals surface area (Å²) in [6.45, 7) is 0. The molecule has 4 aromatic rings. The number of hydrogen-bond donors (Lipinski definition) is 0. The zero-order valence-electron chi connectivity index (χ0n) is 15.6. The largest absolute Gasteiger partial charge is 0.352 e. The van der Waals surface area contributed by atoms with Gasteiger partial charge in [-0.05, 0) is 30.3 Å². The highest BCUT2D eigenvalue weighted by atomic mass is 19.3. The number of pyridine rings is 1. The van der Waals surface area contributed by atoms with E-state index in [2.05, 4.69) is 20.2 Å². The Hall–Kier alpha value is -3.75. The Morgan fingerprint density at radius 3 is 2.72 bits per heavy atom. The Morgan fingerprint density at radius 2 is 2.00 bits per heavy atom. The van der Waals surface area contributed by atoms with E-state index in [1.165, 1.54) is 37.5 Å². The second-order valence-electron chi connectivity index (χ2n) is 6.41. The van der Waals surface area contributed by atoms with Crippen molar-refractivity contribution in [2.24, 2.45) is 12.0 Å². The van der Waals surface area contributed by atoms with Crippen molar-refractivity contribution in [1.29, 1.82) is 0 Å². The van der Waals surface area contributed by atoms with Crippen molar-refractivity contribution < 1.29 is 13.6 Å². The fourth-order valence-electron chi connectivity index (χ4n) is 2.97. The number of carbonyl (C=O) groups excluding carboxylic acids is 1. The molecular formula is C20H16F2N6O. The Morgan fingerprint density at radius 1 is 1.17 bits per heavy atom. The van der Waals surface area contributed by atoms with E-state index < -0.39 is 17.4 Å². The van der Waals surface area contributed by atoms with Gasteiger partial charge in [0.1, 0.15) is 0 Å². The summed E-state index contributed by atoms with van der Waals surface area (Å²) in [6, 6.07) is 10.3. The zero-order chi connectivity index (χ0) is 20.6. The van der Waals surface area contributed by atoms with E-state index in [9.17, 15) is 4.79 Å². The zero-order valence-corrected chi connectivity index (χ0v) is 15.6. The average Bonchev–Trinajstić information content (AvgIpc) is 3.18.